The van der Waals surface area contributed by atoms with Gasteiger partial charge in [0, 0.05) is 31.9 Å². The molecule has 10 heteroatoms. The Balaban J connectivity index is 0.00000242. The fourth-order valence-corrected chi connectivity index (χ4v) is 2.27. The molecule has 0 aliphatic carbocycles. The number of amides is 1. The molecule has 0 saturated carbocycles. The zero-order valence-electron chi connectivity index (χ0n) is 12.1. The van der Waals surface area contributed by atoms with E-state index < -0.39 is 6.61 Å². The second kappa shape index (κ2) is 10.8. The lowest BCUT2D eigenvalue weighted by Gasteiger charge is -2.26. The number of nitrogens with zero attached hydrogens (tertiary/aromatic N) is 1. The van der Waals surface area contributed by atoms with Crippen LogP contribution >= 0.6 is 36.4 Å². The van der Waals surface area contributed by atoms with Gasteiger partial charge in [-0.05, 0) is 18.2 Å². The van der Waals surface area contributed by atoms with E-state index in [4.69, 9.17) is 11.6 Å². The molecule has 1 saturated heterocycles. The number of anilines is 1. The summed E-state index contributed by atoms with van der Waals surface area (Å²) in [6, 6.07) is 4.16. The van der Waals surface area contributed by atoms with E-state index in [9.17, 15) is 13.6 Å². The van der Waals surface area contributed by atoms with Gasteiger partial charge in [-0.1, -0.05) is 11.6 Å². The molecule has 1 fully saturated rings. The van der Waals surface area contributed by atoms with E-state index in [0.717, 1.165) is 26.2 Å². The Morgan fingerprint density at radius 2 is 2.00 bits per heavy atom. The standard InChI is InChI=1S/C13H16ClF2N3O2.2ClH/c14-10-7-9(1-2-11(10)21-13(15)16)18-12(20)8-19-5-3-17-4-6-19;;/h1-2,7,13,17H,3-6,8H2,(H,18,20);2*1H. The molecule has 132 valence electrons. The molecule has 0 bridgehead atoms. The van der Waals surface area contributed by atoms with Crippen molar-refractivity contribution in [3.63, 3.8) is 0 Å². The molecule has 0 radical (unpaired) electrons. The van der Waals surface area contributed by atoms with Crippen molar-refractivity contribution < 1.29 is 18.3 Å². The summed E-state index contributed by atoms with van der Waals surface area (Å²) in [6.07, 6.45) is 0. The summed E-state index contributed by atoms with van der Waals surface area (Å²) in [5, 5.41) is 5.91. The summed E-state index contributed by atoms with van der Waals surface area (Å²) < 4.78 is 28.5. The first-order chi connectivity index (χ1) is 10.0. The van der Waals surface area contributed by atoms with Gasteiger partial charge < -0.3 is 15.4 Å². The van der Waals surface area contributed by atoms with Crippen LogP contribution in [0.4, 0.5) is 14.5 Å². The van der Waals surface area contributed by atoms with Crippen molar-refractivity contribution in [1.29, 1.82) is 0 Å². The minimum Gasteiger partial charge on any atom is -0.433 e. The summed E-state index contributed by atoms with van der Waals surface area (Å²) in [6.45, 7) is 0.701. The third kappa shape index (κ3) is 7.50. The first kappa shape index (κ1) is 22.1. The minimum atomic E-state index is -2.93. The maximum Gasteiger partial charge on any atom is 0.387 e. The molecule has 0 aromatic heterocycles. The largest absolute Gasteiger partial charge is 0.433 e. The molecule has 0 unspecified atom stereocenters. The smallest absolute Gasteiger partial charge is 0.387 e. The number of benzene rings is 1. The normalized spacial score (nSPS) is 14.6. The van der Waals surface area contributed by atoms with Crippen molar-refractivity contribution in [3.05, 3.63) is 23.2 Å². The molecular weight excluding hydrogens is 375 g/mol. The Bertz CT molecular complexity index is 503. The fraction of sp³-hybridized carbons (Fsp3) is 0.462. The van der Waals surface area contributed by atoms with E-state index in [1.165, 1.54) is 18.2 Å². The summed E-state index contributed by atoms with van der Waals surface area (Å²) in [7, 11) is 0. The van der Waals surface area contributed by atoms with Gasteiger partial charge >= 0.3 is 6.61 Å². The molecule has 5 nitrogen and oxygen atoms in total. The predicted molar refractivity (Wildman–Crippen MR) is 90.5 cm³/mol. The van der Waals surface area contributed by atoms with Gasteiger partial charge in [0.05, 0.1) is 11.6 Å². The third-order valence-electron chi connectivity index (χ3n) is 3.01. The Hall–Kier alpha value is -0.860. The van der Waals surface area contributed by atoms with Gasteiger partial charge in [0.25, 0.3) is 0 Å². The molecule has 0 spiro atoms. The van der Waals surface area contributed by atoms with Gasteiger partial charge in [0.15, 0.2) is 0 Å². The van der Waals surface area contributed by atoms with E-state index in [-0.39, 0.29) is 48.0 Å². The van der Waals surface area contributed by atoms with Gasteiger partial charge in [-0.15, -0.1) is 24.8 Å². The quantitative estimate of drug-likeness (QED) is 0.809. The van der Waals surface area contributed by atoms with Crippen LogP contribution in [0.25, 0.3) is 0 Å². The second-order valence-corrected chi connectivity index (χ2v) is 5.01. The molecule has 0 atom stereocenters. The van der Waals surface area contributed by atoms with E-state index in [0.29, 0.717) is 5.69 Å². The molecule has 1 aliphatic heterocycles. The van der Waals surface area contributed by atoms with E-state index in [1.54, 1.807) is 0 Å². The summed E-state index contributed by atoms with van der Waals surface area (Å²) in [5.41, 5.74) is 0.446. The van der Waals surface area contributed by atoms with Crippen LogP contribution < -0.4 is 15.4 Å². The molecular formula is C13H18Cl3F2N3O2. The number of carbonyl (C=O) groups is 1. The number of piperazine rings is 1. The zero-order valence-corrected chi connectivity index (χ0v) is 14.4. The topological polar surface area (TPSA) is 53.6 Å². The Morgan fingerprint density at radius 1 is 1.35 bits per heavy atom. The average molecular weight is 393 g/mol. The summed E-state index contributed by atoms with van der Waals surface area (Å²) >= 11 is 5.82. The van der Waals surface area contributed by atoms with Crippen LogP contribution in [-0.4, -0.2) is 50.1 Å². The van der Waals surface area contributed by atoms with Gasteiger partial charge in [-0.2, -0.15) is 8.78 Å². The maximum absolute atomic E-state index is 12.1. The predicted octanol–water partition coefficient (Wildman–Crippen LogP) is 2.63. The third-order valence-corrected chi connectivity index (χ3v) is 3.30. The van der Waals surface area contributed by atoms with Crippen molar-refractivity contribution in [2.45, 2.75) is 6.61 Å². The van der Waals surface area contributed by atoms with Crippen molar-refractivity contribution >= 4 is 48.0 Å². The molecule has 1 amide bonds. The van der Waals surface area contributed by atoms with Crippen LogP contribution in [-0.2, 0) is 4.79 Å². The number of halogens is 5. The number of hydrogen-bond donors (Lipinski definition) is 2. The second-order valence-electron chi connectivity index (χ2n) is 4.60. The number of hydrogen-bond acceptors (Lipinski definition) is 4. The van der Waals surface area contributed by atoms with Crippen molar-refractivity contribution in [2.24, 2.45) is 0 Å². The number of ether oxygens (including phenoxy) is 1. The highest BCUT2D eigenvalue weighted by Crippen LogP contribution is 2.28. The highest BCUT2D eigenvalue weighted by Gasteiger charge is 2.14. The van der Waals surface area contributed by atoms with Crippen LogP contribution in [0.15, 0.2) is 18.2 Å². The number of rotatable bonds is 5. The SMILES string of the molecule is Cl.Cl.O=C(CN1CCNCC1)Nc1ccc(OC(F)F)c(Cl)c1. The Labute approximate surface area is 150 Å². The number of carbonyl (C=O) groups excluding carboxylic acids is 1. The zero-order chi connectivity index (χ0) is 15.2. The molecule has 2 N–H and O–H groups in total. The highest BCUT2D eigenvalue weighted by molar-refractivity contribution is 6.32. The van der Waals surface area contributed by atoms with Crippen LogP contribution in [0.5, 0.6) is 5.75 Å². The maximum atomic E-state index is 12.1. The summed E-state index contributed by atoms with van der Waals surface area (Å²) in [4.78, 5) is 13.9. The minimum absolute atomic E-state index is 0. The van der Waals surface area contributed by atoms with Crippen molar-refractivity contribution in [1.82, 2.24) is 10.2 Å². The van der Waals surface area contributed by atoms with Gasteiger partial charge in [-0.3, -0.25) is 9.69 Å². The number of alkyl halides is 2. The molecule has 1 aromatic rings. The lowest BCUT2D eigenvalue weighted by Crippen LogP contribution is -2.46. The van der Waals surface area contributed by atoms with E-state index in [2.05, 4.69) is 15.4 Å². The van der Waals surface area contributed by atoms with Gasteiger partial charge in [-0.25, -0.2) is 0 Å². The fourth-order valence-electron chi connectivity index (χ4n) is 2.04. The van der Waals surface area contributed by atoms with Crippen LogP contribution in [0, 0.1) is 0 Å². The van der Waals surface area contributed by atoms with Crippen LogP contribution in [0.3, 0.4) is 0 Å². The molecule has 23 heavy (non-hydrogen) atoms. The van der Waals surface area contributed by atoms with Crippen molar-refractivity contribution in [3.8, 4) is 5.75 Å². The van der Waals surface area contributed by atoms with E-state index >= 15 is 0 Å². The Morgan fingerprint density at radius 3 is 2.57 bits per heavy atom. The molecule has 1 aliphatic rings. The highest BCUT2D eigenvalue weighted by atomic mass is 35.5. The average Bonchev–Trinajstić information content (AvgIpc) is 2.42. The van der Waals surface area contributed by atoms with Crippen LogP contribution in [0.2, 0.25) is 5.02 Å². The summed E-state index contributed by atoms with van der Waals surface area (Å²) in [5.74, 6) is -0.290. The number of nitrogens with one attached hydrogen (secondary N) is 2. The first-order valence-corrected chi connectivity index (χ1v) is 6.89. The first-order valence-electron chi connectivity index (χ1n) is 6.52. The Kier molecular flexibility index (Phi) is 10.4. The van der Waals surface area contributed by atoms with Gasteiger partial charge in [0.1, 0.15) is 5.75 Å². The molecule has 1 aromatic carbocycles. The van der Waals surface area contributed by atoms with Crippen molar-refractivity contribution in [2.75, 3.05) is 38.0 Å². The van der Waals surface area contributed by atoms with E-state index in [1.807, 2.05) is 4.90 Å². The van der Waals surface area contributed by atoms with Gasteiger partial charge in [0.2, 0.25) is 5.91 Å². The lowest BCUT2D eigenvalue weighted by molar-refractivity contribution is -0.117. The monoisotopic (exact) mass is 391 g/mol. The van der Waals surface area contributed by atoms with Crippen LogP contribution in [0.1, 0.15) is 0 Å². The molecule has 2 rings (SSSR count). The molecule has 1 heterocycles. The lowest BCUT2D eigenvalue weighted by atomic mass is 10.3.